The summed E-state index contributed by atoms with van der Waals surface area (Å²) in [6.45, 7) is 3.24. The van der Waals surface area contributed by atoms with Gasteiger partial charge in [-0.3, -0.25) is 0 Å². The number of hydrogen-bond donors (Lipinski definition) is 2. The Bertz CT molecular complexity index is 716. The van der Waals surface area contributed by atoms with Gasteiger partial charge in [-0.1, -0.05) is 18.9 Å². The van der Waals surface area contributed by atoms with E-state index in [0.717, 1.165) is 12.5 Å². The number of H-pyrrole nitrogens is 1. The maximum absolute atomic E-state index is 6.20. The fourth-order valence-corrected chi connectivity index (χ4v) is 5.25. The van der Waals surface area contributed by atoms with Crippen molar-refractivity contribution in [2.24, 2.45) is 5.73 Å². The Hall–Kier alpha value is -1.48. The number of benzene rings is 1. The number of nitrogens with two attached hydrogens (primary N) is 1. The Morgan fingerprint density at radius 1 is 1.18 bits per heavy atom. The average molecular weight is 295 g/mol. The number of piperidine rings is 1. The van der Waals surface area contributed by atoms with Crippen molar-refractivity contribution in [1.82, 2.24) is 4.98 Å². The molecule has 0 amide bonds. The van der Waals surface area contributed by atoms with E-state index in [1.165, 1.54) is 73.9 Å². The monoisotopic (exact) mass is 295 g/mol. The molecule has 1 aliphatic carbocycles. The minimum atomic E-state index is 0.242. The number of aromatic nitrogens is 1. The number of anilines is 1. The maximum atomic E-state index is 6.20. The van der Waals surface area contributed by atoms with E-state index in [9.17, 15) is 0 Å². The lowest BCUT2D eigenvalue weighted by Crippen LogP contribution is -2.38. The van der Waals surface area contributed by atoms with Crippen LogP contribution in [0.15, 0.2) is 18.2 Å². The first-order valence-electron chi connectivity index (χ1n) is 8.92. The Balaban J connectivity index is 1.69. The van der Waals surface area contributed by atoms with Crippen LogP contribution in [0.5, 0.6) is 0 Å². The van der Waals surface area contributed by atoms with Gasteiger partial charge in [0.25, 0.3) is 0 Å². The molecule has 0 radical (unpaired) electrons. The first-order chi connectivity index (χ1) is 10.8. The molecular formula is C19H25N3. The molecule has 3 aliphatic heterocycles. The molecule has 3 N–H and O–H groups in total. The molecule has 22 heavy (non-hydrogen) atoms. The van der Waals surface area contributed by atoms with Gasteiger partial charge >= 0.3 is 0 Å². The number of hydrogen-bond acceptors (Lipinski definition) is 2. The molecule has 3 heteroatoms. The summed E-state index contributed by atoms with van der Waals surface area (Å²) < 4.78 is 0. The van der Waals surface area contributed by atoms with Crippen LogP contribution in [0, 0.1) is 0 Å². The Labute approximate surface area is 131 Å². The number of nitrogens with zero attached hydrogens (tertiary/aromatic N) is 1. The van der Waals surface area contributed by atoms with Crippen LogP contribution in [-0.4, -0.2) is 24.6 Å². The van der Waals surface area contributed by atoms with E-state index in [-0.39, 0.29) is 5.41 Å². The van der Waals surface area contributed by atoms with Crippen LogP contribution in [0.3, 0.4) is 0 Å². The Morgan fingerprint density at radius 3 is 2.68 bits per heavy atom. The fourth-order valence-electron chi connectivity index (χ4n) is 5.25. The molecule has 0 atom stereocenters. The second-order valence-corrected chi connectivity index (χ2v) is 7.60. The van der Waals surface area contributed by atoms with Crippen molar-refractivity contribution in [3.05, 3.63) is 29.3 Å². The fraction of sp³-hybridized carbons (Fsp3) is 0.579. The largest absolute Gasteiger partial charge is 0.358 e. The maximum Gasteiger partial charge on any atom is 0.110 e. The molecular weight excluding hydrogens is 270 g/mol. The van der Waals surface area contributed by atoms with Gasteiger partial charge in [-0.05, 0) is 49.3 Å². The summed E-state index contributed by atoms with van der Waals surface area (Å²) in [5.41, 5.74) is 10.8. The van der Waals surface area contributed by atoms with Gasteiger partial charge in [0.05, 0.1) is 0 Å². The number of aromatic amines is 1. The summed E-state index contributed by atoms with van der Waals surface area (Å²) in [5.74, 6) is 2.17. The summed E-state index contributed by atoms with van der Waals surface area (Å²) in [4.78, 5) is 6.24. The van der Waals surface area contributed by atoms with E-state index in [1.807, 2.05) is 0 Å². The third-order valence-corrected chi connectivity index (χ3v) is 6.60. The zero-order chi connectivity index (χ0) is 14.7. The zero-order valence-electron chi connectivity index (χ0n) is 13.2. The summed E-state index contributed by atoms with van der Waals surface area (Å²) in [5, 5.41) is 1.47. The van der Waals surface area contributed by atoms with Crippen LogP contribution in [-0.2, 0) is 5.41 Å². The lowest BCUT2D eigenvalue weighted by atomic mass is 9.77. The van der Waals surface area contributed by atoms with Gasteiger partial charge in [-0.25, -0.2) is 0 Å². The first-order valence-corrected chi connectivity index (χ1v) is 8.92. The summed E-state index contributed by atoms with van der Waals surface area (Å²) >= 11 is 0. The lowest BCUT2D eigenvalue weighted by molar-refractivity contribution is 0.453. The van der Waals surface area contributed by atoms with Gasteiger partial charge in [0.1, 0.15) is 5.82 Å². The van der Waals surface area contributed by atoms with Crippen molar-refractivity contribution in [2.45, 2.75) is 49.9 Å². The smallest absolute Gasteiger partial charge is 0.110 e. The molecule has 2 bridgehead atoms. The molecule has 4 aliphatic rings. The third kappa shape index (κ3) is 1.60. The first kappa shape index (κ1) is 13.0. The normalized spacial score (nSPS) is 23.4. The minimum absolute atomic E-state index is 0.242. The van der Waals surface area contributed by atoms with Gasteiger partial charge in [-0.2, -0.15) is 0 Å². The van der Waals surface area contributed by atoms with Crippen molar-refractivity contribution in [2.75, 3.05) is 24.5 Å². The van der Waals surface area contributed by atoms with E-state index >= 15 is 0 Å². The van der Waals surface area contributed by atoms with Gasteiger partial charge in [0, 0.05) is 41.5 Å². The second kappa shape index (κ2) is 4.51. The number of rotatable bonds is 2. The molecule has 1 aromatic heterocycles. The van der Waals surface area contributed by atoms with Crippen molar-refractivity contribution >= 4 is 16.7 Å². The molecule has 1 saturated carbocycles. The standard InChI is InChI=1S/C19H25N3/c20-12-19(7-1-2-8-19)14-3-4-16-15(11-14)17-13-5-9-22(10-6-13)18(17)21-16/h3-4,11,13,21H,1-2,5-10,12,20H2. The second-order valence-electron chi connectivity index (χ2n) is 7.60. The van der Waals surface area contributed by atoms with Crippen LogP contribution < -0.4 is 10.6 Å². The van der Waals surface area contributed by atoms with Gasteiger partial charge in [0.15, 0.2) is 0 Å². The van der Waals surface area contributed by atoms with Crippen molar-refractivity contribution in [3.8, 4) is 0 Å². The van der Waals surface area contributed by atoms with Crippen molar-refractivity contribution in [1.29, 1.82) is 0 Å². The van der Waals surface area contributed by atoms with E-state index in [0.29, 0.717) is 0 Å². The van der Waals surface area contributed by atoms with Gasteiger partial charge < -0.3 is 15.6 Å². The molecule has 0 spiro atoms. The highest BCUT2D eigenvalue weighted by molar-refractivity contribution is 5.91. The van der Waals surface area contributed by atoms with Crippen LogP contribution in [0.1, 0.15) is 55.6 Å². The lowest BCUT2D eigenvalue weighted by Gasteiger charge is -2.40. The van der Waals surface area contributed by atoms with E-state index in [4.69, 9.17) is 5.73 Å². The molecule has 6 rings (SSSR count). The highest BCUT2D eigenvalue weighted by Crippen LogP contribution is 2.47. The zero-order valence-corrected chi connectivity index (χ0v) is 13.2. The summed E-state index contributed by atoms with van der Waals surface area (Å²) in [7, 11) is 0. The summed E-state index contributed by atoms with van der Waals surface area (Å²) in [6, 6.07) is 7.11. The van der Waals surface area contributed by atoms with Crippen molar-refractivity contribution < 1.29 is 0 Å². The highest BCUT2D eigenvalue weighted by atomic mass is 15.2. The number of nitrogens with one attached hydrogen (secondary N) is 1. The van der Waals surface area contributed by atoms with E-state index in [2.05, 4.69) is 28.1 Å². The molecule has 2 aromatic rings. The van der Waals surface area contributed by atoms with E-state index in [1.54, 1.807) is 5.56 Å². The Morgan fingerprint density at radius 2 is 1.95 bits per heavy atom. The van der Waals surface area contributed by atoms with Gasteiger partial charge in [0.2, 0.25) is 0 Å². The SMILES string of the molecule is NCC1(c2ccc3[nH]c4c(c3c2)C2CCN4CC2)CCCC1. The predicted octanol–water partition coefficient (Wildman–Crippen LogP) is 3.64. The molecule has 116 valence electrons. The molecule has 3 nitrogen and oxygen atoms in total. The predicted molar refractivity (Wildman–Crippen MR) is 91.7 cm³/mol. The topological polar surface area (TPSA) is 45.1 Å². The number of fused-ring (bicyclic) bond motifs is 3. The van der Waals surface area contributed by atoms with Gasteiger partial charge in [-0.15, -0.1) is 0 Å². The van der Waals surface area contributed by atoms with Crippen molar-refractivity contribution in [3.63, 3.8) is 0 Å². The van der Waals surface area contributed by atoms with E-state index < -0.39 is 0 Å². The average Bonchev–Trinajstić information content (AvgIpc) is 3.21. The van der Waals surface area contributed by atoms with Crippen LogP contribution in [0.25, 0.3) is 10.9 Å². The molecule has 1 saturated heterocycles. The Kier molecular flexibility index (Phi) is 2.67. The van der Waals surface area contributed by atoms with Crippen LogP contribution >= 0.6 is 0 Å². The molecule has 1 aromatic carbocycles. The third-order valence-electron chi connectivity index (χ3n) is 6.60. The van der Waals surface area contributed by atoms with Crippen LogP contribution in [0.2, 0.25) is 0 Å². The molecule has 2 fully saturated rings. The highest BCUT2D eigenvalue weighted by Gasteiger charge is 2.37. The summed E-state index contributed by atoms with van der Waals surface area (Å²) in [6.07, 6.45) is 7.83. The quantitative estimate of drug-likeness (QED) is 0.888. The minimum Gasteiger partial charge on any atom is -0.358 e. The molecule has 4 heterocycles. The van der Waals surface area contributed by atoms with Crippen LogP contribution in [0.4, 0.5) is 5.82 Å². The molecule has 0 unspecified atom stereocenters.